The summed E-state index contributed by atoms with van der Waals surface area (Å²) < 4.78 is 10.9. The quantitative estimate of drug-likeness (QED) is 0.748. The lowest BCUT2D eigenvalue weighted by Gasteiger charge is -2.09. The predicted octanol–water partition coefficient (Wildman–Crippen LogP) is 4.38. The minimum absolute atomic E-state index is 0.242. The number of hydrogen-bond donors (Lipinski definition) is 1. The van der Waals surface area contributed by atoms with E-state index >= 15 is 0 Å². The number of benzene rings is 2. The molecule has 3 rings (SSSR count). The first-order valence-electron chi connectivity index (χ1n) is 7.67. The molecule has 0 spiro atoms. The van der Waals surface area contributed by atoms with Crippen molar-refractivity contribution in [1.82, 2.24) is 5.32 Å². The first-order chi connectivity index (χ1) is 11.6. The van der Waals surface area contributed by atoms with Crippen LogP contribution in [0.4, 0.5) is 0 Å². The minimum Gasteiger partial charge on any atom is -0.496 e. The van der Waals surface area contributed by atoms with Gasteiger partial charge in [0.15, 0.2) is 5.76 Å². The van der Waals surface area contributed by atoms with Crippen LogP contribution in [-0.4, -0.2) is 19.6 Å². The molecule has 0 bridgehead atoms. The highest BCUT2D eigenvalue weighted by molar-refractivity contribution is 6.31. The van der Waals surface area contributed by atoms with Gasteiger partial charge in [0, 0.05) is 17.0 Å². The van der Waals surface area contributed by atoms with Crippen LogP contribution in [0, 0.1) is 6.92 Å². The third kappa shape index (κ3) is 3.54. The minimum atomic E-state index is -0.242. The molecule has 2 aromatic carbocycles. The van der Waals surface area contributed by atoms with E-state index in [1.807, 2.05) is 19.1 Å². The van der Waals surface area contributed by atoms with E-state index < -0.39 is 0 Å². The van der Waals surface area contributed by atoms with Gasteiger partial charge in [-0.15, -0.1) is 0 Å². The Bertz CT molecular complexity index is 885. The number of fused-ring (bicyclic) bond motifs is 1. The molecular weight excluding hydrogens is 326 g/mol. The lowest BCUT2D eigenvalue weighted by atomic mass is 10.1. The zero-order valence-electron chi connectivity index (χ0n) is 13.6. The molecule has 1 amide bonds. The van der Waals surface area contributed by atoms with Crippen LogP contribution < -0.4 is 10.1 Å². The summed E-state index contributed by atoms with van der Waals surface area (Å²) in [6.07, 6.45) is 0.683. The monoisotopic (exact) mass is 343 g/mol. The highest BCUT2D eigenvalue weighted by Crippen LogP contribution is 2.23. The van der Waals surface area contributed by atoms with E-state index in [1.54, 1.807) is 31.4 Å². The maximum absolute atomic E-state index is 12.2. The molecule has 0 radical (unpaired) electrons. The van der Waals surface area contributed by atoms with E-state index in [0.717, 1.165) is 22.3 Å². The number of rotatable bonds is 5. The molecule has 1 aromatic heterocycles. The number of ether oxygens (including phenoxy) is 1. The summed E-state index contributed by atoms with van der Waals surface area (Å²) in [6.45, 7) is 2.53. The number of carbonyl (C=O) groups excluding carboxylic acids is 1. The Morgan fingerprint density at radius 2 is 2.04 bits per heavy atom. The Hall–Kier alpha value is -2.46. The van der Waals surface area contributed by atoms with Crippen LogP contribution in [0.5, 0.6) is 5.75 Å². The van der Waals surface area contributed by atoms with Gasteiger partial charge < -0.3 is 14.5 Å². The van der Waals surface area contributed by atoms with E-state index in [1.165, 1.54) is 0 Å². The van der Waals surface area contributed by atoms with Gasteiger partial charge in [-0.05, 0) is 49.2 Å². The molecule has 1 heterocycles. The van der Waals surface area contributed by atoms with Crippen molar-refractivity contribution in [3.8, 4) is 5.75 Å². The molecule has 1 N–H and O–H groups in total. The number of amides is 1. The lowest BCUT2D eigenvalue weighted by molar-refractivity contribution is 0.0928. The number of nitrogens with one attached hydrogen (secondary N) is 1. The molecule has 0 aliphatic rings. The Kier molecular flexibility index (Phi) is 4.76. The number of halogens is 1. The Balaban J connectivity index is 1.66. The zero-order chi connectivity index (χ0) is 17.1. The standard InChI is InChI=1S/C19H18ClNO3/c1-12-3-5-16(23-2)13(9-12)7-8-21-19(22)18-11-14-10-15(20)4-6-17(14)24-18/h3-6,9-11H,7-8H2,1-2H3,(H,21,22). The summed E-state index contributed by atoms with van der Waals surface area (Å²) in [6, 6.07) is 13.0. The number of carbonyl (C=O) groups is 1. The van der Waals surface area contributed by atoms with Gasteiger partial charge in [-0.3, -0.25) is 4.79 Å². The van der Waals surface area contributed by atoms with Gasteiger partial charge in [0.25, 0.3) is 5.91 Å². The summed E-state index contributed by atoms with van der Waals surface area (Å²) in [5.74, 6) is 0.866. The summed E-state index contributed by atoms with van der Waals surface area (Å²) in [4.78, 5) is 12.2. The second-order valence-corrected chi connectivity index (χ2v) is 6.05. The van der Waals surface area contributed by atoms with Gasteiger partial charge in [0.1, 0.15) is 11.3 Å². The first-order valence-corrected chi connectivity index (χ1v) is 8.05. The van der Waals surface area contributed by atoms with Crippen LogP contribution in [0.3, 0.4) is 0 Å². The van der Waals surface area contributed by atoms with E-state index in [2.05, 4.69) is 11.4 Å². The summed E-state index contributed by atoms with van der Waals surface area (Å²) in [5.41, 5.74) is 2.87. The molecule has 0 unspecified atom stereocenters. The summed E-state index contributed by atoms with van der Waals surface area (Å²) >= 11 is 5.95. The van der Waals surface area contributed by atoms with Crippen molar-refractivity contribution in [3.63, 3.8) is 0 Å². The zero-order valence-corrected chi connectivity index (χ0v) is 14.3. The molecule has 24 heavy (non-hydrogen) atoms. The van der Waals surface area contributed by atoms with Crippen LogP contribution in [0.1, 0.15) is 21.7 Å². The molecule has 0 atom stereocenters. The molecule has 0 fully saturated rings. The van der Waals surface area contributed by atoms with Gasteiger partial charge in [-0.2, -0.15) is 0 Å². The second-order valence-electron chi connectivity index (χ2n) is 5.61. The van der Waals surface area contributed by atoms with Gasteiger partial charge in [0.2, 0.25) is 0 Å². The van der Waals surface area contributed by atoms with Crippen molar-refractivity contribution in [2.45, 2.75) is 13.3 Å². The third-order valence-electron chi connectivity index (χ3n) is 3.82. The van der Waals surface area contributed by atoms with Gasteiger partial charge in [0.05, 0.1) is 7.11 Å². The van der Waals surface area contributed by atoms with Crippen LogP contribution >= 0.6 is 11.6 Å². The summed E-state index contributed by atoms with van der Waals surface area (Å²) in [7, 11) is 1.65. The molecular formula is C19H18ClNO3. The fourth-order valence-electron chi connectivity index (χ4n) is 2.63. The van der Waals surface area contributed by atoms with Crippen LogP contribution in [-0.2, 0) is 6.42 Å². The largest absolute Gasteiger partial charge is 0.496 e. The molecule has 4 nitrogen and oxygen atoms in total. The molecule has 0 saturated carbocycles. The fraction of sp³-hybridized carbons (Fsp3) is 0.211. The Morgan fingerprint density at radius 1 is 1.21 bits per heavy atom. The van der Waals surface area contributed by atoms with Gasteiger partial charge in [-0.1, -0.05) is 29.3 Å². The molecule has 0 aliphatic carbocycles. The Labute approximate surface area is 145 Å². The smallest absolute Gasteiger partial charge is 0.287 e. The van der Waals surface area contributed by atoms with Gasteiger partial charge in [-0.25, -0.2) is 0 Å². The van der Waals surface area contributed by atoms with Crippen LogP contribution in [0.25, 0.3) is 11.0 Å². The van der Waals surface area contributed by atoms with Crippen molar-refractivity contribution in [1.29, 1.82) is 0 Å². The fourth-order valence-corrected chi connectivity index (χ4v) is 2.81. The van der Waals surface area contributed by atoms with Crippen molar-refractivity contribution in [2.75, 3.05) is 13.7 Å². The molecule has 0 saturated heterocycles. The SMILES string of the molecule is COc1ccc(C)cc1CCNC(=O)c1cc2cc(Cl)ccc2o1. The maximum Gasteiger partial charge on any atom is 0.287 e. The van der Waals surface area contributed by atoms with Crippen molar-refractivity contribution >= 4 is 28.5 Å². The first kappa shape index (κ1) is 16.4. The molecule has 3 aromatic rings. The predicted molar refractivity (Wildman–Crippen MR) is 95.0 cm³/mol. The van der Waals surface area contributed by atoms with Crippen LogP contribution in [0.2, 0.25) is 5.02 Å². The van der Waals surface area contributed by atoms with Crippen molar-refractivity contribution in [2.24, 2.45) is 0 Å². The third-order valence-corrected chi connectivity index (χ3v) is 4.05. The number of aryl methyl sites for hydroxylation is 1. The highest BCUT2D eigenvalue weighted by atomic mass is 35.5. The number of methoxy groups -OCH3 is 1. The van der Waals surface area contributed by atoms with E-state index in [-0.39, 0.29) is 11.7 Å². The normalized spacial score (nSPS) is 10.8. The van der Waals surface area contributed by atoms with E-state index in [4.69, 9.17) is 20.8 Å². The molecule has 5 heteroatoms. The maximum atomic E-state index is 12.2. The molecule has 124 valence electrons. The average molecular weight is 344 g/mol. The van der Waals surface area contributed by atoms with E-state index in [9.17, 15) is 4.79 Å². The average Bonchev–Trinajstić information content (AvgIpc) is 2.98. The number of furan rings is 1. The van der Waals surface area contributed by atoms with Crippen LogP contribution in [0.15, 0.2) is 46.9 Å². The number of hydrogen-bond acceptors (Lipinski definition) is 3. The van der Waals surface area contributed by atoms with E-state index in [0.29, 0.717) is 23.6 Å². The van der Waals surface area contributed by atoms with Crippen molar-refractivity contribution < 1.29 is 13.9 Å². The highest BCUT2D eigenvalue weighted by Gasteiger charge is 2.12. The second kappa shape index (κ2) is 6.97. The topological polar surface area (TPSA) is 51.5 Å². The summed E-state index contributed by atoms with van der Waals surface area (Å²) in [5, 5.41) is 4.30. The molecule has 0 aliphatic heterocycles. The Morgan fingerprint density at radius 3 is 2.83 bits per heavy atom. The van der Waals surface area contributed by atoms with Crippen molar-refractivity contribution in [3.05, 3.63) is 64.4 Å². The lowest BCUT2D eigenvalue weighted by Crippen LogP contribution is -2.25. The van der Waals surface area contributed by atoms with Gasteiger partial charge >= 0.3 is 0 Å².